The van der Waals surface area contributed by atoms with Crippen molar-refractivity contribution in [3.63, 3.8) is 0 Å². The Hall–Kier alpha value is -11.6. The average Bonchev–Trinajstić information content (AvgIpc) is 1.57. The lowest BCUT2D eigenvalue weighted by atomic mass is 9.82. The molecular formula is C84H64F6N6. The Kier molecular flexibility index (Phi) is 16.5. The summed E-state index contributed by atoms with van der Waals surface area (Å²) in [5, 5.41) is 9.42. The summed E-state index contributed by atoms with van der Waals surface area (Å²) >= 11 is 0. The molecule has 472 valence electrons. The quantitative estimate of drug-likeness (QED) is 0.0901. The number of anilines is 12. The first-order valence-corrected chi connectivity index (χ1v) is 31.4. The fourth-order valence-electron chi connectivity index (χ4n) is 13.3. The summed E-state index contributed by atoms with van der Waals surface area (Å²) in [5.41, 5.74) is 20.4. The molecule has 0 aromatic heterocycles. The molecular weight excluding hydrogens is 1210 g/mol. The Morgan fingerprint density at radius 3 is 0.802 bits per heavy atom. The highest BCUT2D eigenvalue weighted by Gasteiger charge is 2.39. The van der Waals surface area contributed by atoms with Crippen LogP contribution in [0.1, 0.15) is 77.8 Å². The topological polar surface area (TPSA) is 41.1 Å². The summed E-state index contributed by atoms with van der Waals surface area (Å²) in [6, 6.07) is 76.4. The number of benzene rings is 12. The molecule has 2 aliphatic rings. The van der Waals surface area contributed by atoms with E-state index < -0.39 is 51.7 Å². The summed E-state index contributed by atoms with van der Waals surface area (Å²) < 4.78 is 89.4. The normalized spacial score (nSPS) is 12.6. The van der Waals surface area contributed by atoms with E-state index in [1.165, 1.54) is 43.2 Å². The zero-order valence-electron chi connectivity index (χ0n) is 54.0. The molecule has 0 bridgehead atoms. The predicted octanol–water partition coefficient (Wildman–Crippen LogP) is 24.4. The number of rotatable bonds is 12. The minimum absolute atomic E-state index is 0.257. The second-order valence-corrected chi connectivity index (χ2v) is 25.6. The Balaban J connectivity index is 0.000000174. The van der Waals surface area contributed by atoms with Crippen LogP contribution < -0.4 is 19.6 Å². The van der Waals surface area contributed by atoms with Crippen molar-refractivity contribution < 1.29 is 26.3 Å². The molecule has 2 aliphatic carbocycles. The second-order valence-electron chi connectivity index (χ2n) is 25.6. The van der Waals surface area contributed by atoms with E-state index >= 15 is 17.6 Å². The fourth-order valence-corrected chi connectivity index (χ4v) is 13.3. The fraction of sp³-hybridized carbons (Fsp3) is 0.119. The Bertz CT molecular complexity index is 4710. The molecule has 96 heavy (non-hydrogen) atoms. The van der Waals surface area contributed by atoms with Gasteiger partial charge in [-0.1, -0.05) is 135 Å². The van der Waals surface area contributed by atoms with Crippen LogP contribution in [-0.2, 0) is 10.8 Å². The summed E-state index contributed by atoms with van der Waals surface area (Å²) in [4.78, 5) is 11.0. The lowest BCUT2D eigenvalue weighted by Crippen LogP contribution is -2.19. The van der Waals surface area contributed by atoms with E-state index in [2.05, 4.69) is 133 Å². The van der Waals surface area contributed by atoms with E-state index in [1.54, 1.807) is 36.4 Å². The van der Waals surface area contributed by atoms with Gasteiger partial charge in [-0.15, -0.1) is 0 Å². The molecule has 0 saturated heterocycles. The molecule has 0 N–H and O–H groups in total. The maximum atomic E-state index is 15.4. The maximum Gasteiger partial charge on any atom is 0.187 e. The van der Waals surface area contributed by atoms with Crippen molar-refractivity contribution in [1.29, 1.82) is 5.26 Å². The minimum atomic E-state index is -1.05. The van der Waals surface area contributed by atoms with Crippen LogP contribution in [-0.4, -0.2) is 0 Å². The first kappa shape index (κ1) is 63.2. The summed E-state index contributed by atoms with van der Waals surface area (Å²) in [5.74, 6) is -6.26. The Morgan fingerprint density at radius 1 is 0.312 bits per heavy atom. The molecule has 12 heteroatoms. The highest BCUT2D eigenvalue weighted by atomic mass is 19.2. The molecule has 0 aliphatic heterocycles. The smallest absolute Gasteiger partial charge is 0.187 e. The summed E-state index contributed by atoms with van der Waals surface area (Å²) in [6.45, 7) is 24.0. The van der Waals surface area contributed by atoms with Gasteiger partial charge in [-0.2, -0.15) is 5.26 Å². The third kappa shape index (κ3) is 11.7. The van der Waals surface area contributed by atoms with Gasteiger partial charge in [-0.05, 0) is 206 Å². The molecule has 0 spiro atoms. The molecule has 0 radical (unpaired) electrons. The zero-order chi connectivity index (χ0) is 67.5. The summed E-state index contributed by atoms with van der Waals surface area (Å²) in [7, 11) is 0. The van der Waals surface area contributed by atoms with Crippen LogP contribution in [0, 0.1) is 80.5 Å². The third-order valence-corrected chi connectivity index (χ3v) is 18.4. The zero-order valence-corrected chi connectivity index (χ0v) is 54.0. The van der Waals surface area contributed by atoms with Crippen LogP contribution in [0.2, 0.25) is 0 Å². The van der Waals surface area contributed by atoms with Gasteiger partial charge in [-0.3, -0.25) is 0 Å². The molecule has 14 rings (SSSR count). The van der Waals surface area contributed by atoms with Gasteiger partial charge in [0.05, 0.1) is 18.2 Å². The number of aryl methyl sites for hydroxylation is 4. The van der Waals surface area contributed by atoms with E-state index in [-0.39, 0.29) is 5.41 Å². The molecule has 0 amide bonds. The van der Waals surface area contributed by atoms with Gasteiger partial charge in [0.15, 0.2) is 29.0 Å². The van der Waals surface area contributed by atoms with E-state index in [0.29, 0.717) is 58.3 Å². The van der Waals surface area contributed by atoms with Crippen molar-refractivity contribution in [2.75, 3.05) is 19.6 Å². The summed E-state index contributed by atoms with van der Waals surface area (Å²) in [6.07, 6.45) is 0. The van der Waals surface area contributed by atoms with Crippen molar-refractivity contribution >= 4 is 73.9 Å². The number of hydrogen-bond donors (Lipinski definition) is 0. The van der Waals surface area contributed by atoms with Gasteiger partial charge in [0.1, 0.15) is 23.0 Å². The Morgan fingerprint density at radius 2 is 0.542 bits per heavy atom. The number of nitrogens with zero attached hydrogens (tertiary/aromatic N) is 6. The average molecular weight is 1270 g/mol. The van der Waals surface area contributed by atoms with Crippen LogP contribution in [0.4, 0.5) is 100 Å². The van der Waals surface area contributed by atoms with Crippen molar-refractivity contribution in [3.8, 4) is 28.3 Å². The molecule has 0 heterocycles. The van der Waals surface area contributed by atoms with Crippen molar-refractivity contribution in [1.82, 2.24) is 0 Å². The van der Waals surface area contributed by atoms with Gasteiger partial charge in [0.2, 0.25) is 0 Å². The number of fused-ring (bicyclic) bond motifs is 6. The Labute approximate surface area is 555 Å². The molecule has 0 saturated carbocycles. The van der Waals surface area contributed by atoms with Crippen LogP contribution in [0.3, 0.4) is 0 Å². The van der Waals surface area contributed by atoms with Crippen molar-refractivity contribution in [3.05, 3.63) is 339 Å². The third-order valence-electron chi connectivity index (χ3n) is 18.4. The van der Waals surface area contributed by atoms with Gasteiger partial charge in [0.25, 0.3) is 0 Å². The van der Waals surface area contributed by atoms with E-state index in [4.69, 9.17) is 6.57 Å². The SMILES string of the molecule is Cc1ccc(N(c2ccc3c(c2)C(C)(C)c2cc(N(c4ccc(C)cc4)c4c(F)cc(F)cc4F)ccc2-3)c2c(F)cc(F)cc2F)cc1.[C-]#[N+]c1ccc(N(c2ccc(C)cc2)c2ccc3c(c2)C(C)(C)c2cc(N(c4ccc(C)cc4)c4ccc(C#N)cc4)ccc2-3)cc1. The molecule has 12 aromatic rings. The monoisotopic (exact) mass is 1270 g/mol. The van der Waals surface area contributed by atoms with E-state index in [0.717, 1.165) is 67.5 Å². The maximum absolute atomic E-state index is 15.4. The number of hydrogen-bond acceptors (Lipinski definition) is 5. The highest BCUT2D eigenvalue weighted by molar-refractivity contribution is 5.91. The molecule has 6 nitrogen and oxygen atoms in total. The standard InChI is InChI=1S/C43H34N4.C41H30F6N2/c1-29-6-14-33(15-7-29)46(35-18-10-31(28-44)11-19-35)37-22-24-39-40-25-23-38(27-42(40)43(3,4)41(39)26-37)47(34-16-8-30(2)9-17-34)36-20-12-32(45-5)13-21-36;1-23-5-9-27(10-6-23)48(39-35(44)17-25(42)18-36(39)45)29-13-15-31-32-16-14-30(22-34(32)41(3,4)33(31)21-29)49(28-11-7-24(2)8-12-28)40-37(46)19-26(43)20-38(40)47/h6-27H,1-4H3;5-22H,1-4H3. The van der Waals surface area contributed by atoms with Crippen LogP contribution in [0.15, 0.2) is 243 Å². The molecule has 0 unspecified atom stereocenters. The largest absolute Gasteiger partial charge is 0.311 e. The molecule has 12 aromatic carbocycles. The lowest BCUT2D eigenvalue weighted by molar-refractivity contribution is 0.544. The van der Waals surface area contributed by atoms with Gasteiger partial charge in [0, 0.05) is 92.0 Å². The minimum Gasteiger partial charge on any atom is -0.311 e. The number of halogens is 6. The number of nitriles is 1. The first-order valence-electron chi connectivity index (χ1n) is 31.4. The van der Waals surface area contributed by atoms with E-state index in [1.807, 2.05) is 125 Å². The highest BCUT2D eigenvalue weighted by Crippen LogP contribution is 2.55. The molecule has 0 atom stereocenters. The van der Waals surface area contributed by atoms with Gasteiger partial charge >= 0.3 is 0 Å². The first-order chi connectivity index (χ1) is 46.1. The van der Waals surface area contributed by atoms with Crippen molar-refractivity contribution in [2.45, 2.75) is 66.2 Å². The van der Waals surface area contributed by atoms with Crippen molar-refractivity contribution in [2.24, 2.45) is 0 Å². The van der Waals surface area contributed by atoms with Crippen LogP contribution in [0.5, 0.6) is 0 Å². The van der Waals surface area contributed by atoms with E-state index in [9.17, 15) is 14.0 Å². The van der Waals surface area contributed by atoms with Gasteiger partial charge < -0.3 is 19.6 Å². The predicted molar refractivity (Wildman–Crippen MR) is 376 cm³/mol. The van der Waals surface area contributed by atoms with Gasteiger partial charge in [-0.25, -0.2) is 31.2 Å². The van der Waals surface area contributed by atoms with Crippen LogP contribution in [0.25, 0.3) is 27.1 Å². The van der Waals surface area contributed by atoms with Crippen LogP contribution >= 0.6 is 0 Å². The second kappa shape index (κ2) is 25.0. The lowest BCUT2D eigenvalue weighted by Gasteiger charge is -2.29. The molecule has 0 fully saturated rings.